The molecule has 0 bridgehead atoms. The maximum absolute atomic E-state index is 12.6. The van der Waals surface area contributed by atoms with Gasteiger partial charge < -0.3 is 4.74 Å². The van der Waals surface area contributed by atoms with Gasteiger partial charge in [-0.25, -0.2) is 0 Å². The van der Waals surface area contributed by atoms with Gasteiger partial charge in [0.1, 0.15) is 5.78 Å². The first-order valence-corrected chi connectivity index (χ1v) is 9.08. The predicted octanol–water partition coefficient (Wildman–Crippen LogP) is 4.07. The summed E-state index contributed by atoms with van der Waals surface area (Å²) in [5, 5.41) is 0. The molecule has 1 spiro atoms. The molecular formula is C16H28O2S. The van der Waals surface area contributed by atoms with E-state index >= 15 is 0 Å². The van der Waals surface area contributed by atoms with Gasteiger partial charge in [-0.2, -0.15) is 11.8 Å². The van der Waals surface area contributed by atoms with Crippen molar-refractivity contribution in [3.8, 4) is 0 Å². The van der Waals surface area contributed by atoms with Crippen molar-refractivity contribution in [3.63, 3.8) is 0 Å². The lowest BCUT2D eigenvalue weighted by Gasteiger charge is -2.43. The van der Waals surface area contributed by atoms with Gasteiger partial charge in [-0.3, -0.25) is 4.79 Å². The Morgan fingerprint density at radius 3 is 2.84 bits per heavy atom. The first-order chi connectivity index (χ1) is 9.17. The van der Waals surface area contributed by atoms with E-state index in [0.717, 1.165) is 38.7 Å². The summed E-state index contributed by atoms with van der Waals surface area (Å²) >= 11 is 2.02. The number of ketones is 1. The number of rotatable bonds is 5. The SMILES string of the molecule is CCCCC(C)C(=O)C1CCOC2(CCSCC2)C1. The highest BCUT2D eigenvalue weighted by atomic mass is 32.2. The molecule has 2 heterocycles. The first kappa shape index (κ1) is 15.4. The maximum Gasteiger partial charge on any atom is 0.138 e. The van der Waals surface area contributed by atoms with Crippen LogP contribution < -0.4 is 0 Å². The Morgan fingerprint density at radius 1 is 1.42 bits per heavy atom. The van der Waals surface area contributed by atoms with E-state index in [4.69, 9.17) is 4.74 Å². The molecule has 3 heteroatoms. The van der Waals surface area contributed by atoms with E-state index in [0.29, 0.717) is 5.78 Å². The van der Waals surface area contributed by atoms with Crippen molar-refractivity contribution in [2.75, 3.05) is 18.1 Å². The number of Topliss-reactive ketones (excluding diaryl/α,β-unsaturated/α-hetero) is 1. The largest absolute Gasteiger partial charge is 0.375 e. The third-order valence-corrected chi connectivity index (χ3v) is 5.76. The van der Waals surface area contributed by atoms with Crippen LogP contribution in [-0.2, 0) is 9.53 Å². The summed E-state index contributed by atoms with van der Waals surface area (Å²) in [6.45, 7) is 5.11. The topological polar surface area (TPSA) is 26.3 Å². The van der Waals surface area contributed by atoms with Crippen LogP contribution in [-0.4, -0.2) is 29.5 Å². The van der Waals surface area contributed by atoms with Crippen LogP contribution in [0.15, 0.2) is 0 Å². The Kier molecular flexibility index (Phi) is 5.76. The van der Waals surface area contributed by atoms with E-state index in [1.807, 2.05) is 11.8 Å². The molecule has 2 saturated heterocycles. The zero-order chi connectivity index (χ0) is 13.7. The number of hydrogen-bond donors (Lipinski definition) is 0. The summed E-state index contributed by atoms with van der Waals surface area (Å²) in [5.41, 5.74) is 0.0499. The lowest BCUT2D eigenvalue weighted by molar-refractivity contribution is -0.141. The standard InChI is InChI=1S/C16H28O2S/c1-3-4-5-13(2)15(17)14-6-9-18-16(12-14)7-10-19-11-8-16/h13-14H,3-12H2,1-2H3. The van der Waals surface area contributed by atoms with Crippen molar-refractivity contribution in [2.24, 2.45) is 11.8 Å². The molecule has 2 unspecified atom stereocenters. The van der Waals surface area contributed by atoms with Crippen molar-refractivity contribution >= 4 is 17.5 Å². The van der Waals surface area contributed by atoms with Gasteiger partial charge in [0.2, 0.25) is 0 Å². The molecule has 2 atom stereocenters. The molecule has 0 N–H and O–H groups in total. The molecule has 0 radical (unpaired) electrons. The number of hydrogen-bond acceptors (Lipinski definition) is 3. The van der Waals surface area contributed by atoms with Crippen LogP contribution in [0.1, 0.15) is 58.8 Å². The minimum absolute atomic E-state index is 0.0499. The fourth-order valence-corrected chi connectivity index (χ4v) is 4.65. The summed E-state index contributed by atoms with van der Waals surface area (Å²) in [4.78, 5) is 12.6. The smallest absolute Gasteiger partial charge is 0.138 e. The van der Waals surface area contributed by atoms with Crippen LogP contribution in [0.5, 0.6) is 0 Å². The van der Waals surface area contributed by atoms with Crippen LogP contribution in [0.25, 0.3) is 0 Å². The Balaban J connectivity index is 1.91. The monoisotopic (exact) mass is 284 g/mol. The van der Waals surface area contributed by atoms with Crippen LogP contribution in [0.3, 0.4) is 0 Å². The highest BCUT2D eigenvalue weighted by Gasteiger charge is 2.41. The summed E-state index contributed by atoms with van der Waals surface area (Å²) in [7, 11) is 0. The third kappa shape index (κ3) is 3.98. The summed E-state index contributed by atoms with van der Waals surface area (Å²) < 4.78 is 6.08. The Hall–Kier alpha value is -0.0200. The number of carbonyl (C=O) groups excluding carboxylic acids is 1. The summed E-state index contributed by atoms with van der Waals surface area (Å²) in [6, 6.07) is 0. The van der Waals surface area contributed by atoms with E-state index in [1.165, 1.54) is 24.3 Å². The normalized spacial score (nSPS) is 28.2. The molecule has 0 saturated carbocycles. The zero-order valence-electron chi connectivity index (χ0n) is 12.5. The molecular weight excluding hydrogens is 256 g/mol. The van der Waals surface area contributed by atoms with Crippen molar-refractivity contribution in [1.29, 1.82) is 0 Å². The molecule has 19 heavy (non-hydrogen) atoms. The number of carbonyl (C=O) groups is 1. The van der Waals surface area contributed by atoms with Gasteiger partial charge in [0.05, 0.1) is 5.60 Å². The average Bonchev–Trinajstić information content (AvgIpc) is 2.45. The lowest BCUT2D eigenvalue weighted by atomic mass is 9.77. The molecule has 0 aromatic carbocycles. The van der Waals surface area contributed by atoms with E-state index in [2.05, 4.69) is 13.8 Å². The second kappa shape index (κ2) is 7.12. The molecule has 0 aromatic rings. The van der Waals surface area contributed by atoms with E-state index in [9.17, 15) is 4.79 Å². The molecule has 0 aromatic heterocycles. The second-order valence-electron chi connectivity index (χ2n) is 6.28. The molecule has 2 aliphatic rings. The molecule has 0 aliphatic carbocycles. The Bertz CT molecular complexity index is 292. The van der Waals surface area contributed by atoms with Gasteiger partial charge in [-0.05, 0) is 43.6 Å². The second-order valence-corrected chi connectivity index (χ2v) is 7.50. The minimum Gasteiger partial charge on any atom is -0.375 e. The van der Waals surface area contributed by atoms with Crippen LogP contribution in [0, 0.1) is 11.8 Å². The van der Waals surface area contributed by atoms with Gasteiger partial charge in [0, 0.05) is 18.4 Å². The van der Waals surface area contributed by atoms with E-state index in [1.54, 1.807) is 0 Å². The third-order valence-electron chi connectivity index (χ3n) is 4.78. The van der Waals surface area contributed by atoms with Crippen molar-refractivity contribution < 1.29 is 9.53 Å². The highest BCUT2D eigenvalue weighted by Crippen LogP contribution is 2.40. The molecule has 2 nitrogen and oxygen atoms in total. The fourth-order valence-electron chi connectivity index (χ4n) is 3.42. The van der Waals surface area contributed by atoms with Gasteiger partial charge in [-0.1, -0.05) is 26.7 Å². The quantitative estimate of drug-likeness (QED) is 0.761. The van der Waals surface area contributed by atoms with Gasteiger partial charge in [0.25, 0.3) is 0 Å². The van der Waals surface area contributed by atoms with Gasteiger partial charge >= 0.3 is 0 Å². The van der Waals surface area contributed by atoms with Gasteiger partial charge in [0.15, 0.2) is 0 Å². The van der Waals surface area contributed by atoms with Crippen molar-refractivity contribution in [1.82, 2.24) is 0 Å². The van der Waals surface area contributed by atoms with E-state index < -0.39 is 0 Å². The Labute approximate surface area is 122 Å². The Morgan fingerprint density at radius 2 is 2.16 bits per heavy atom. The zero-order valence-corrected chi connectivity index (χ0v) is 13.3. The average molecular weight is 284 g/mol. The predicted molar refractivity (Wildman–Crippen MR) is 81.7 cm³/mol. The van der Waals surface area contributed by atoms with Crippen LogP contribution in [0.4, 0.5) is 0 Å². The highest BCUT2D eigenvalue weighted by molar-refractivity contribution is 7.99. The molecule has 2 fully saturated rings. The minimum atomic E-state index is 0.0499. The lowest BCUT2D eigenvalue weighted by Crippen LogP contribution is -2.45. The number of unbranched alkanes of at least 4 members (excludes halogenated alkanes) is 1. The number of thioether (sulfide) groups is 1. The summed E-state index contributed by atoms with van der Waals surface area (Å²) in [5.74, 6) is 3.43. The molecule has 110 valence electrons. The van der Waals surface area contributed by atoms with Crippen LogP contribution >= 0.6 is 11.8 Å². The molecule has 0 amide bonds. The van der Waals surface area contributed by atoms with E-state index in [-0.39, 0.29) is 17.4 Å². The molecule has 2 aliphatic heterocycles. The molecule has 2 rings (SSSR count). The maximum atomic E-state index is 12.6. The fraction of sp³-hybridized carbons (Fsp3) is 0.938. The number of ether oxygens (including phenoxy) is 1. The van der Waals surface area contributed by atoms with Crippen molar-refractivity contribution in [3.05, 3.63) is 0 Å². The van der Waals surface area contributed by atoms with Crippen LogP contribution in [0.2, 0.25) is 0 Å². The summed E-state index contributed by atoms with van der Waals surface area (Å²) in [6.07, 6.45) is 7.66. The first-order valence-electron chi connectivity index (χ1n) is 7.92. The van der Waals surface area contributed by atoms with Crippen molar-refractivity contribution in [2.45, 2.75) is 64.4 Å². The van der Waals surface area contributed by atoms with Gasteiger partial charge in [-0.15, -0.1) is 0 Å².